The van der Waals surface area contributed by atoms with E-state index < -0.39 is 11.7 Å². The van der Waals surface area contributed by atoms with Crippen LogP contribution in [0.25, 0.3) is 0 Å². The molecule has 3 aromatic rings. The number of hydrogen-bond acceptors (Lipinski definition) is 4. The molecule has 2 aromatic carbocycles. The third kappa shape index (κ3) is 3.33. The highest BCUT2D eigenvalue weighted by Gasteiger charge is 2.35. The number of amides is 1. The number of imidazole rings is 1. The fourth-order valence-electron chi connectivity index (χ4n) is 3.07. The van der Waals surface area contributed by atoms with Gasteiger partial charge in [0, 0.05) is 12.7 Å². The van der Waals surface area contributed by atoms with Crippen LogP contribution in [0.4, 0.5) is 5.69 Å². The highest BCUT2D eigenvalue weighted by molar-refractivity contribution is 6.52. The van der Waals surface area contributed by atoms with E-state index in [9.17, 15) is 9.59 Å². The summed E-state index contributed by atoms with van der Waals surface area (Å²) in [5, 5.41) is 8.88. The Morgan fingerprint density at radius 3 is 2.48 bits per heavy atom. The predicted molar refractivity (Wildman–Crippen MR) is 102 cm³/mol. The number of aromatic nitrogens is 2. The quantitative estimate of drug-likeness (QED) is 0.654. The van der Waals surface area contributed by atoms with Gasteiger partial charge in [-0.3, -0.25) is 14.5 Å². The lowest BCUT2D eigenvalue weighted by Gasteiger charge is -2.17. The van der Waals surface area contributed by atoms with Gasteiger partial charge in [-0.25, -0.2) is 4.98 Å². The number of hydrogen-bond donors (Lipinski definition) is 0. The maximum atomic E-state index is 12.3. The van der Waals surface area contributed by atoms with E-state index in [4.69, 9.17) is 5.26 Å². The van der Waals surface area contributed by atoms with Crippen LogP contribution in [-0.4, -0.2) is 21.2 Å². The number of para-hydroxylation sites is 1. The predicted octanol–water partition coefficient (Wildman–Crippen LogP) is 2.95. The van der Waals surface area contributed by atoms with Crippen molar-refractivity contribution in [3.8, 4) is 6.07 Å². The minimum absolute atomic E-state index is 0. The number of fused-ring (bicyclic) bond motifs is 1. The molecule has 0 unspecified atom stereocenters. The molecule has 0 saturated carbocycles. The second-order valence-electron chi connectivity index (χ2n) is 6.06. The Labute approximate surface area is 162 Å². The first kappa shape index (κ1) is 18.4. The van der Waals surface area contributed by atoms with Crippen LogP contribution < -0.4 is 4.90 Å². The van der Waals surface area contributed by atoms with Crippen LogP contribution in [-0.2, 0) is 17.9 Å². The van der Waals surface area contributed by atoms with Gasteiger partial charge in [0.1, 0.15) is 0 Å². The lowest BCUT2D eigenvalue weighted by molar-refractivity contribution is -0.114. The summed E-state index contributed by atoms with van der Waals surface area (Å²) in [6, 6.07) is 16.4. The van der Waals surface area contributed by atoms with Crippen molar-refractivity contribution < 1.29 is 9.59 Å². The van der Waals surface area contributed by atoms with Gasteiger partial charge in [0.15, 0.2) is 0 Å². The largest absolute Gasteiger partial charge is 0.328 e. The topological polar surface area (TPSA) is 79.0 Å². The van der Waals surface area contributed by atoms with E-state index in [1.165, 1.54) is 4.90 Å². The number of nitrogens with zero attached hydrogens (tertiary/aromatic N) is 4. The highest BCUT2D eigenvalue weighted by Crippen LogP contribution is 2.29. The first-order valence-electron chi connectivity index (χ1n) is 8.10. The van der Waals surface area contributed by atoms with Gasteiger partial charge >= 0.3 is 0 Å². The van der Waals surface area contributed by atoms with Crippen LogP contribution in [0, 0.1) is 11.3 Å². The first-order chi connectivity index (χ1) is 12.7. The van der Waals surface area contributed by atoms with E-state index in [0.29, 0.717) is 23.4 Å². The van der Waals surface area contributed by atoms with Gasteiger partial charge in [-0.05, 0) is 29.8 Å². The van der Waals surface area contributed by atoms with E-state index in [1.807, 2.05) is 22.8 Å². The number of rotatable bonds is 4. The summed E-state index contributed by atoms with van der Waals surface area (Å²) in [5.41, 5.74) is 3.53. The lowest BCUT2D eigenvalue weighted by atomic mass is 10.1. The third-order valence-electron chi connectivity index (χ3n) is 4.43. The number of ketones is 1. The number of carbonyl (C=O) groups is 2. The maximum absolute atomic E-state index is 12.3. The summed E-state index contributed by atoms with van der Waals surface area (Å²) in [6.07, 6.45) is 3.39. The Kier molecular flexibility index (Phi) is 5.06. The molecule has 0 bridgehead atoms. The average molecular weight is 379 g/mol. The van der Waals surface area contributed by atoms with E-state index in [2.05, 4.69) is 11.1 Å². The Hall–Kier alpha value is -3.43. The summed E-state index contributed by atoms with van der Waals surface area (Å²) in [6.45, 7) is 0.844. The van der Waals surface area contributed by atoms with Gasteiger partial charge in [-0.15, -0.1) is 12.4 Å². The van der Waals surface area contributed by atoms with Crippen LogP contribution >= 0.6 is 12.4 Å². The number of benzene rings is 2. The molecule has 1 amide bonds. The molecular weight excluding hydrogens is 364 g/mol. The summed E-state index contributed by atoms with van der Waals surface area (Å²) < 4.78 is 1.93. The summed E-state index contributed by atoms with van der Waals surface area (Å²) in [5.74, 6) is -0.990. The van der Waals surface area contributed by atoms with Crippen molar-refractivity contribution in [2.24, 2.45) is 0 Å². The molecular formula is C20H15ClN4O2. The number of carbonyl (C=O) groups excluding carboxylic acids is 2. The molecule has 1 aromatic heterocycles. The molecule has 134 valence electrons. The zero-order chi connectivity index (χ0) is 18.1. The van der Waals surface area contributed by atoms with Crippen LogP contribution in [0.15, 0.2) is 61.1 Å². The normalized spacial score (nSPS) is 12.5. The van der Waals surface area contributed by atoms with E-state index >= 15 is 0 Å². The first-order valence-corrected chi connectivity index (χ1v) is 8.10. The van der Waals surface area contributed by atoms with Gasteiger partial charge in [0.25, 0.3) is 11.7 Å². The Bertz CT molecular complexity index is 1050. The average Bonchev–Trinajstić information content (AvgIpc) is 3.21. The second-order valence-corrected chi connectivity index (χ2v) is 6.06. The Morgan fingerprint density at radius 1 is 1.00 bits per heavy atom. The highest BCUT2D eigenvalue weighted by atomic mass is 35.5. The van der Waals surface area contributed by atoms with E-state index in [0.717, 1.165) is 11.3 Å². The molecule has 0 aliphatic carbocycles. The summed E-state index contributed by atoms with van der Waals surface area (Å²) in [7, 11) is 0. The minimum Gasteiger partial charge on any atom is -0.328 e. The van der Waals surface area contributed by atoms with E-state index in [1.54, 1.807) is 42.9 Å². The standard InChI is InChI=1S/C20H14N4O2.ClH/c21-9-14-5-7-15(8-6-14)11-23-13-22-10-16(23)12-24-18-4-2-1-3-17(18)19(25)20(24)26;/h1-8,10,13H,11-12H2;1H. The van der Waals surface area contributed by atoms with Crippen LogP contribution in [0.3, 0.4) is 0 Å². The molecule has 0 N–H and O–H groups in total. The van der Waals surface area contributed by atoms with Gasteiger partial charge in [0.05, 0.1) is 41.4 Å². The molecule has 1 aliphatic heterocycles. The van der Waals surface area contributed by atoms with Crippen molar-refractivity contribution in [3.63, 3.8) is 0 Å². The summed E-state index contributed by atoms with van der Waals surface area (Å²) in [4.78, 5) is 30.1. The number of nitriles is 1. The van der Waals surface area contributed by atoms with Crippen molar-refractivity contribution >= 4 is 29.8 Å². The van der Waals surface area contributed by atoms with Crippen molar-refractivity contribution in [3.05, 3.63) is 83.4 Å². The number of halogens is 1. The van der Waals surface area contributed by atoms with Crippen molar-refractivity contribution in [1.29, 1.82) is 5.26 Å². The molecule has 0 fully saturated rings. The fourth-order valence-corrected chi connectivity index (χ4v) is 3.07. The molecule has 4 rings (SSSR count). The van der Waals surface area contributed by atoms with E-state index in [-0.39, 0.29) is 19.0 Å². The molecule has 2 heterocycles. The lowest BCUT2D eigenvalue weighted by Crippen LogP contribution is -2.30. The molecule has 27 heavy (non-hydrogen) atoms. The molecule has 6 nitrogen and oxygen atoms in total. The monoisotopic (exact) mass is 378 g/mol. The molecule has 0 spiro atoms. The molecule has 7 heteroatoms. The minimum atomic E-state index is -0.516. The zero-order valence-electron chi connectivity index (χ0n) is 14.2. The molecule has 1 aliphatic rings. The van der Waals surface area contributed by atoms with Gasteiger partial charge in [-0.1, -0.05) is 24.3 Å². The number of anilines is 1. The molecule has 0 atom stereocenters. The molecule has 0 radical (unpaired) electrons. The smallest absolute Gasteiger partial charge is 0.299 e. The van der Waals surface area contributed by atoms with Crippen molar-refractivity contribution in [1.82, 2.24) is 9.55 Å². The van der Waals surface area contributed by atoms with Gasteiger partial charge in [0.2, 0.25) is 0 Å². The Morgan fingerprint density at radius 2 is 1.74 bits per heavy atom. The second kappa shape index (κ2) is 7.44. The maximum Gasteiger partial charge on any atom is 0.299 e. The van der Waals surface area contributed by atoms with Crippen LogP contribution in [0.2, 0.25) is 0 Å². The van der Waals surface area contributed by atoms with Gasteiger partial charge < -0.3 is 4.57 Å². The van der Waals surface area contributed by atoms with Crippen LogP contribution in [0.5, 0.6) is 0 Å². The van der Waals surface area contributed by atoms with Gasteiger partial charge in [-0.2, -0.15) is 5.26 Å². The SMILES string of the molecule is Cl.N#Cc1ccc(Cn2cncc2CN2C(=O)C(=O)c3ccccc32)cc1. The van der Waals surface area contributed by atoms with Crippen molar-refractivity contribution in [2.75, 3.05) is 4.90 Å². The number of Topliss-reactive ketones (excluding diaryl/α,β-unsaturated/α-hetero) is 1. The molecule has 0 saturated heterocycles. The third-order valence-corrected chi connectivity index (χ3v) is 4.43. The van der Waals surface area contributed by atoms with Crippen molar-refractivity contribution in [2.45, 2.75) is 13.1 Å². The fraction of sp³-hybridized carbons (Fsp3) is 0.100. The zero-order valence-corrected chi connectivity index (χ0v) is 15.0. The van der Waals surface area contributed by atoms with Crippen LogP contribution in [0.1, 0.15) is 27.2 Å². The summed E-state index contributed by atoms with van der Waals surface area (Å²) >= 11 is 0. The Balaban J connectivity index is 0.00000210.